The van der Waals surface area contributed by atoms with E-state index in [0.29, 0.717) is 12.4 Å². The van der Waals surface area contributed by atoms with E-state index >= 15 is 0 Å². The number of fused-ring (bicyclic) bond motifs is 2. The molecule has 2 heterocycles. The lowest BCUT2D eigenvalue weighted by Crippen LogP contribution is -2.18. The van der Waals surface area contributed by atoms with E-state index in [-0.39, 0.29) is 5.91 Å². The number of benzene rings is 3. The van der Waals surface area contributed by atoms with Crippen LogP contribution in [0.4, 0.5) is 28.8 Å². The SMILES string of the molecule is Cc1cnc(Nc2ccc3c(c2)CCC(=O)N3)nc1Nc1cccc2ccccc12. The molecule has 0 saturated carbocycles. The molecular weight excluding hydrogens is 374 g/mol. The van der Waals surface area contributed by atoms with Crippen LogP contribution >= 0.6 is 0 Å². The first-order valence-electron chi connectivity index (χ1n) is 9.94. The number of nitrogens with zero attached hydrogens (tertiary/aromatic N) is 2. The monoisotopic (exact) mass is 395 g/mol. The van der Waals surface area contributed by atoms with Crippen LogP contribution < -0.4 is 16.0 Å². The molecule has 3 aromatic carbocycles. The highest BCUT2D eigenvalue weighted by atomic mass is 16.1. The zero-order chi connectivity index (χ0) is 20.5. The van der Waals surface area contributed by atoms with Gasteiger partial charge in [-0.15, -0.1) is 0 Å². The predicted molar refractivity (Wildman–Crippen MR) is 121 cm³/mol. The first-order chi connectivity index (χ1) is 14.7. The summed E-state index contributed by atoms with van der Waals surface area (Å²) in [5.74, 6) is 1.34. The minimum atomic E-state index is 0.0641. The molecule has 6 heteroatoms. The molecular formula is C24H21N5O. The largest absolute Gasteiger partial charge is 0.339 e. The topological polar surface area (TPSA) is 78.9 Å². The number of nitrogens with one attached hydrogen (secondary N) is 3. The molecule has 6 nitrogen and oxygen atoms in total. The molecule has 0 aliphatic carbocycles. The van der Waals surface area contributed by atoms with Crippen LogP contribution in [0.1, 0.15) is 17.5 Å². The number of aromatic nitrogens is 2. The Balaban J connectivity index is 1.42. The van der Waals surface area contributed by atoms with Crippen molar-refractivity contribution >= 4 is 45.5 Å². The van der Waals surface area contributed by atoms with Crippen LogP contribution in [0.15, 0.2) is 66.9 Å². The van der Waals surface area contributed by atoms with Crippen molar-refractivity contribution in [2.75, 3.05) is 16.0 Å². The van der Waals surface area contributed by atoms with Gasteiger partial charge in [0.1, 0.15) is 5.82 Å². The lowest BCUT2D eigenvalue weighted by atomic mass is 10.0. The summed E-state index contributed by atoms with van der Waals surface area (Å²) in [6, 6.07) is 20.3. The van der Waals surface area contributed by atoms with Gasteiger partial charge in [0.05, 0.1) is 0 Å². The van der Waals surface area contributed by atoms with Crippen molar-refractivity contribution in [1.82, 2.24) is 9.97 Å². The van der Waals surface area contributed by atoms with Gasteiger partial charge in [-0.2, -0.15) is 4.98 Å². The fraction of sp³-hybridized carbons (Fsp3) is 0.125. The Morgan fingerprint density at radius 3 is 2.77 bits per heavy atom. The Morgan fingerprint density at radius 1 is 0.967 bits per heavy atom. The zero-order valence-electron chi connectivity index (χ0n) is 16.6. The third-order valence-electron chi connectivity index (χ3n) is 5.27. The molecule has 1 aliphatic rings. The van der Waals surface area contributed by atoms with Gasteiger partial charge in [0.15, 0.2) is 0 Å². The highest BCUT2D eigenvalue weighted by Gasteiger charge is 2.15. The van der Waals surface area contributed by atoms with E-state index in [4.69, 9.17) is 4.98 Å². The summed E-state index contributed by atoms with van der Waals surface area (Å²) in [5.41, 5.74) is 4.85. The lowest BCUT2D eigenvalue weighted by molar-refractivity contribution is -0.116. The second-order valence-corrected chi connectivity index (χ2v) is 7.42. The Kier molecular flexibility index (Phi) is 4.52. The minimum absolute atomic E-state index is 0.0641. The normalized spacial score (nSPS) is 12.9. The summed E-state index contributed by atoms with van der Waals surface area (Å²) >= 11 is 0. The van der Waals surface area contributed by atoms with Crippen molar-refractivity contribution in [3.05, 3.63) is 78.0 Å². The number of rotatable bonds is 4. The van der Waals surface area contributed by atoms with E-state index in [2.05, 4.69) is 45.2 Å². The average Bonchev–Trinajstić information content (AvgIpc) is 2.76. The van der Waals surface area contributed by atoms with Crippen molar-refractivity contribution in [2.24, 2.45) is 0 Å². The van der Waals surface area contributed by atoms with E-state index < -0.39 is 0 Å². The van der Waals surface area contributed by atoms with Crippen molar-refractivity contribution in [3.8, 4) is 0 Å². The Morgan fingerprint density at radius 2 is 1.83 bits per heavy atom. The number of carbonyl (C=O) groups is 1. The number of anilines is 5. The maximum absolute atomic E-state index is 11.5. The van der Waals surface area contributed by atoms with Crippen LogP contribution in [0.5, 0.6) is 0 Å². The summed E-state index contributed by atoms with van der Waals surface area (Å²) in [6.07, 6.45) is 3.05. The van der Waals surface area contributed by atoms with Gasteiger partial charge >= 0.3 is 0 Å². The van der Waals surface area contributed by atoms with E-state index in [1.54, 1.807) is 6.20 Å². The van der Waals surface area contributed by atoms with Crippen LogP contribution in [-0.4, -0.2) is 15.9 Å². The Hall–Kier alpha value is -3.93. The van der Waals surface area contributed by atoms with Crippen molar-refractivity contribution in [1.29, 1.82) is 0 Å². The van der Waals surface area contributed by atoms with Crippen LogP contribution in [0.3, 0.4) is 0 Å². The molecule has 5 rings (SSSR count). The molecule has 0 fully saturated rings. The first-order valence-corrected chi connectivity index (χ1v) is 9.94. The highest BCUT2D eigenvalue weighted by molar-refractivity contribution is 5.95. The quantitative estimate of drug-likeness (QED) is 0.436. The van der Waals surface area contributed by atoms with Gasteiger partial charge in [-0.25, -0.2) is 4.98 Å². The van der Waals surface area contributed by atoms with E-state index in [1.165, 1.54) is 5.39 Å². The molecule has 4 aromatic rings. The Labute approximate surface area is 174 Å². The van der Waals surface area contributed by atoms with Gasteiger partial charge < -0.3 is 16.0 Å². The van der Waals surface area contributed by atoms with Crippen LogP contribution in [0.25, 0.3) is 10.8 Å². The summed E-state index contributed by atoms with van der Waals surface area (Å²) in [7, 11) is 0. The number of carbonyl (C=O) groups excluding carboxylic acids is 1. The maximum Gasteiger partial charge on any atom is 0.229 e. The molecule has 0 radical (unpaired) electrons. The Bertz CT molecular complexity index is 1260. The number of amides is 1. The summed E-state index contributed by atoms with van der Waals surface area (Å²) < 4.78 is 0. The number of hydrogen-bond acceptors (Lipinski definition) is 5. The van der Waals surface area contributed by atoms with Gasteiger partial charge in [0, 0.05) is 40.6 Å². The molecule has 0 atom stereocenters. The average molecular weight is 395 g/mol. The fourth-order valence-electron chi connectivity index (χ4n) is 3.68. The van der Waals surface area contributed by atoms with Crippen LogP contribution in [0, 0.1) is 6.92 Å². The van der Waals surface area contributed by atoms with Crippen molar-refractivity contribution < 1.29 is 4.79 Å². The second kappa shape index (κ2) is 7.48. The van der Waals surface area contributed by atoms with E-state index in [9.17, 15) is 4.79 Å². The molecule has 1 amide bonds. The van der Waals surface area contributed by atoms with E-state index in [1.807, 2.05) is 43.3 Å². The molecule has 0 saturated heterocycles. The van der Waals surface area contributed by atoms with Gasteiger partial charge in [0.25, 0.3) is 0 Å². The molecule has 0 spiro atoms. The third kappa shape index (κ3) is 3.55. The van der Waals surface area contributed by atoms with Crippen molar-refractivity contribution in [2.45, 2.75) is 19.8 Å². The molecule has 148 valence electrons. The van der Waals surface area contributed by atoms with Gasteiger partial charge in [-0.05, 0) is 48.6 Å². The van der Waals surface area contributed by atoms with Crippen LogP contribution in [-0.2, 0) is 11.2 Å². The maximum atomic E-state index is 11.5. The molecule has 30 heavy (non-hydrogen) atoms. The van der Waals surface area contributed by atoms with Crippen LogP contribution in [0.2, 0.25) is 0 Å². The molecule has 1 aromatic heterocycles. The standard InChI is InChI=1S/C24H21N5O/c1-15-14-25-24(26-18-10-11-20-17(13-18)9-12-22(30)27-20)29-23(15)28-21-8-4-6-16-5-2-3-7-19(16)21/h2-8,10-11,13-14H,9,12H2,1H3,(H,27,30)(H2,25,26,28,29). The minimum Gasteiger partial charge on any atom is -0.339 e. The molecule has 0 bridgehead atoms. The number of aryl methyl sites for hydroxylation is 2. The van der Waals surface area contributed by atoms with E-state index in [0.717, 1.165) is 45.8 Å². The first kappa shape index (κ1) is 18.1. The third-order valence-corrected chi connectivity index (χ3v) is 5.27. The van der Waals surface area contributed by atoms with Crippen molar-refractivity contribution in [3.63, 3.8) is 0 Å². The predicted octanol–water partition coefficient (Wildman–Crippen LogP) is 5.31. The molecule has 3 N–H and O–H groups in total. The summed E-state index contributed by atoms with van der Waals surface area (Å²) in [5, 5.41) is 12.0. The van der Waals surface area contributed by atoms with Gasteiger partial charge in [-0.1, -0.05) is 36.4 Å². The van der Waals surface area contributed by atoms with Gasteiger partial charge in [0.2, 0.25) is 11.9 Å². The summed E-state index contributed by atoms with van der Waals surface area (Å²) in [6.45, 7) is 1.98. The fourth-order valence-corrected chi connectivity index (χ4v) is 3.68. The molecule has 0 unspecified atom stereocenters. The lowest BCUT2D eigenvalue weighted by Gasteiger charge is -2.18. The number of hydrogen-bond donors (Lipinski definition) is 3. The zero-order valence-corrected chi connectivity index (χ0v) is 16.6. The summed E-state index contributed by atoms with van der Waals surface area (Å²) in [4.78, 5) is 20.7. The van der Waals surface area contributed by atoms with Gasteiger partial charge in [-0.3, -0.25) is 4.79 Å². The second-order valence-electron chi connectivity index (χ2n) is 7.42. The highest BCUT2D eigenvalue weighted by Crippen LogP contribution is 2.29. The molecule has 1 aliphatic heterocycles. The smallest absolute Gasteiger partial charge is 0.229 e.